The summed E-state index contributed by atoms with van der Waals surface area (Å²) in [4.78, 5) is 0. The van der Waals surface area contributed by atoms with Crippen molar-refractivity contribution < 1.29 is 4.74 Å². The van der Waals surface area contributed by atoms with Gasteiger partial charge < -0.3 is 15.4 Å². The van der Waals surface area contributed by atoms with Gasteiger partial charge in [-0.25, -0.2) is 0 Å². The highest BCUT2D eigenvalue weighted by Crippen LogP contribution is 2.24. The van der Waals surface area contributed by atoms with Crippen molar-refractivity contribution in [2.75, 3.05) is 24.7 Å². The van der Waals surface area contributed by atoms with Gasteiger partial charge in [-0.05, 0) is 42.4 Å². The van der Waals surface area contributed by atoms with Gasteiger partial charge in [0.2, 0.25) is 0 Å². The van der Waals surface area contributed by atoms with Gasteiger partial charge in [0.05, 0.1) is 12.8 Å². The van der Waals surface area contributed by atoms with Gasteiger partial charge in [-0.1, -0.05) is 36.4 Å². The summed E-state index contributed by atoms with van der Waals surface area (Å²) in [6, 6.07) is 16.5. The van der Waals surface area contributed by atoms with Crippen LogP contribution in [-0.2, 0) is 5.75 Å². The number of rotatable bonds is 7. The lowest BCUT2D eigenvalue weighted by Crippen LogP contribution is -2.30. The predicted octanol–water partition coefficient (Wildman–Crippen LogP) is 4.22. The largest absolute Gasteiger partial charge is 0.495 e. The number of thioether (sulfide) groups is 1. The van der Waals surface area contributed by atoms with E-state index in [1.165, 1.54) is 5.56 Å². The van der Waals surface area contributed by atoms with Gasteiger partial charge in [0, 0.05) is 18.1 Å². The van der Waals surface area contributed by atoms with Crippen LogP contribution in [0.1, 0.15) is 11.1 Å². The van der Waals surface area contributed by atoms with Crippen LogP contribution in [0.4, 0.5) is 5.69 Å². The monoisotopic (exact) mass is 346 g/mol. The van der Waals surface area contributed by atoms with E-state index < -0.39 is 0 Å². The van der Waals surface area contributed by atoms with Crippen LogP contribution in [0, 0.1) is 6.92 Å². The molecule has 0 heterocycles. The summed E-state index contributed by atoms with van der Waals surface area (Å²) >= 11 is 7.23. The van der Waals surface area contributed by atoms with Gasteiger partial charge in [-0.2, -0.15) is 11.8 Å². The number of hydrogen-bond acceptors (Lipinski definition) is 3. The van der Waals surface area contributed by atoms with E-state index in [4.69, 9.17) is 17.0 Å². The minimum absolute atomic E-state index is 0.620. The molecule has 0 aliphatic carbocycles. The molecule has 5 heteroatoms. The zero-order valence-electron chi connectivity index (χ0n) is 13.5. The molecule has 2 aromatic carbocycles. The number of anilines is 1. The summed E-state index contributed by atoms with van der Waals surface area (Å²) in [5, 5.41) is 7.05. The number of hydrogen-bond donors (Lipinski definition) is 2. The third-order valence-electron chi connectivity index (χ3n) is 3.25. The smallest absolute Gasteiger partial charge is 0.170 e. The number of thiocarbonyl (C=S) groups is 1. The number of ether oxygens (including phenoxy) is 1. The zero-order chi connectivity index (χ0) is 16.5. The van der Waals surface area contributed by atoms with Gasteiger partial charge >= 0.3 is 0 Å². The molecule has 0 amide bonds. The van der Waals surface area contributed by atoms with Crippen molar-refractivity contribution >= 4 is 34.8 Å². The normalized spacial score (nSPS) is 10.2. The molecule has 0 aliphatic rings. The summed E-state index contributed by atoms with van der Waals surface area (Å²) in [6.45, 7) is 2.87. The molecule has 3 nitrogen and oxygen atoms in total. The molecule has 0 spiro atoms. The average molecular weight is 347 g/mol. The summed E-state index contributed by atoms with van der Waals surface area (Å²) in [6.07, 6.45) is 0. The summed E-state index contributed by atoms with van der Waals surface area (Å²) in [5.41, 5.74) is 3.40. The molecule has 0 radical (unpaired) electrons. The molecule has 0 atom stereocenters. The third kappa shape index (κ3) is 6.12. The Hall–Kier alpha value is -1.72. The molecule has 23 heavy (non-hydrogen) atoms. The maximum absolute atomic E-state index is 5.34. The maximum atomic E-state index is 5.34. The van der Waals surface area contributed by atoms with Crippen LogP contribution >= 0.6 is 24.0 Å². The predicted molar refractivity (Wildman–Crippen MR) is 105 cm³/mol. The Kier molecular flexibility index (Phi) is 7.23. The molecule has 0 saturated heterocycles. The molecule has 0 unspecified atom stereocenters. The molecule has 0 aromatic heterocycles. The van der Waals surface area contributed by atoms with E-state index in [2.05, 4.69) is 34.9 Å². The standard InChI is InChI=1S/C18H22N2OS2/c1-14-8-9-17(21-2)16(12-14)20-18(22)19-10-11-23-13-15-6-4-3-5-7-15/h3-9,12H,10-11,13H2,1-2H3,(H2,19,20,22). The van der Waals surface area contributed by atoms with Crippen molar-refractivity contribution in [2.45, 2.75) is 12.7 Å². The van der Waals surface area contributed by atoms with Crippen LogP contribution in [0.25, 0.3) is 0 Å². The van der Waals surface area contributed by atoms with Gasteiger partial charge in [-0.15, -0.1) is 0 Å². The Morgan fingerprint density at radius 2 is 1.96 bits per heavy atom. The van der Waals surface area contributed by atoms with Crippen LogP contribution in [0.3, 0.4) is 0 Å². The van der Waals surface area contributed by atoms with Gasteiger partial charge in [0.25, 0.3) is 0 Å². The first-order chi connectivity index (χ1) is 11.2. The molecule has 122 valence electrons. The fraction of sp³-hybridized carbons (Fsp3) is 0.278. The quantitative estimate of drug-likeness (QED) is 0.579. The fourth-order valence-electron chi connectivity index (χ4n) is 2.09. The molecular weight excluding hydrogens is 324 g/mol. The third-order valence-corrected chi connectivity index (χ3v) is 4.52. The number of aryl methyl sites for hydroxylation is 1. The lowest BCUT2D eigenvalue weighted by Gasteiger charge is -2.14. The molecule has 2 aromatic rings. The van der Waals surface area contributed by atoms with E-state index in [1.54, 1.807) is 7.11 Å². The molecule has 2 N–H and O–H groups in total. The van der Waals surface area contributed by atoms with Crippen molar-refractivity contribution in [3.63, 3.8) is 0 Å². The second-order valence-corrected chi connectivity index (χ2v) is 6.64. The average Bonchev–Trinajstić information content (AvgIpc) is 2.56. The topological polar surface area (TPSA) is 33.3 Å². The Labute approximate surface area is 147 Å². The number of methoxy groups -OCH3 is 1. The number of benzene rings is 2. The minimum Gasteiger partial charge on any atom is -0.495 e. The lowest BCUT2D eigenvalue weighted by molar-refractivity contribution is 0.417. The van der Waals surface area contributed by atoms with Crippen molar-refractivity contribution in [2.24, 2.45) is 0 Å². The van der Waals surface area contributed by atoms with Crippen LogP contribution in [0.15, 0.2) is 48.5 Å². The highest BCUT2D eigenvalue weighted by molar-refractivity contribution is 7.98. The van der Waals surface area contributed by atoms with Crippen molar-refractivity contribution in [1.29, 1.82) is 0 Å². The van der Waals surface area contributed by atoms with Gasteiger partial charge in [0.1, 0.15) is 5.75 Å². The van der Waals surface area contributed by atoms with Crippen molar-refractivity contribution in [1.82, 2.24) is 5.32 Å². The zero-order valence-corrected chi connectivity index (χ0v) is 15.1. The Morgan fingerprint density at radius 1 is 1.17 bits per heavy atom. The van der Waals surface area contributed by atoms with Crippen molar-refractivity contribution in [3.05, 3.63) is 59.7 Å². The Balaban J connectivity index is 1.70. The van der Waals surface area contributed by atoms with E-state index in [9.17, 15) is 0 Å². The van der Waals surface area contributed by atoms with Crippen LogP contribution in [0.2, 0.25) is 0 Å². The Morgan fingerprint density at radius 3 is 2.70 bits per heavy atom. The molecule has 0 saturated carbocycles. The summed E-state index contributed by atoms with van der Waals surface area (Å²) in [7, 11) is 1.66. The maximum Gasteiger partial charge on any atom is 0.170 e. The molecule has 0 aliphatic heterocycles. The van der Waals surface area contributed by atoms with Crippen LogP contribution in [0.5, 0.6) is 5.75 Å². The van der Waals surface area contributed by atoms with E-state index in [0.717, 1.165) is 35.1 Å². The molecule has 0 bridgehead atoms. The second kappa shape index (κ2) is 9.43. The first-order valence-electron chi connectivity index (χ1n) is 7.50. The van der Waals surface area contributed by atoms with E-state index >= 15 is 0 Å². The first-order valence-corrected chi connectivity index (χ1v) is 9.06. The van der Waals surface area contributed by atoms with Crippen molar-refractivity contribution in [3.8, 4) is 5.75 Å². The van der Waals surface area contributed by atoms with E-state index in [-0.39, 0.29) is 0 Å². The molecular formula is C18H22N2OS2. The van der Waals surface area contributed by atoms with Gasteiger partial charge in [0.15, 0.2) is 5.11 Å². The van der Waals surface area contributed by atoms with Gasteiger partial charge in [-0.3, -0.25) is 0 Å². The Bertz CT molecular complexity index is 632. The highest BCUT2D eigenvalue weighted by atomic mass is 32.2. The summed E-state index contributed by atoms with van der Waals surface area (Å²) < 4.78 is 5.34. The SMILES string of the molecule is COc1ccc(C)cc1NC(=S)NCCSCc1ccccc1. The molecule has 2 rings (SSSR count). The van der Waals surface area contributed by atoms with E-state index in [1.807, 2.05) is 43.0 Å². The minimum atomic E-state index is 0.620. The van der Waals surface area contributed by atoms with Crippen LogP contribution < -0.4 is 15.4 Å². The van der Waals surface area contributed by atoms with Crippen LogP contribution in [-0.4, -0.2) is 24.5 Å². The first kappa shape index (κ1) is 17.6. The summed E-state index contributed by atoms with van der Waals surface area (Å²) in [5.74, 6) is 2.81. The number of nitrogens with one attached hydrogen (secondary N) is 2. The molecule has 0 fully saturated rings. The lowest BCUT2D eigenvalue weighted by atomic mass is 10.2. The fourth-order valence-corrected chi connectivity index (χ4v) is 3.12. The highest BCUT2D eigenvalue weighted by Gasteiger charge is 2.04. The van der Waals surface area contributed by atoms with E-state index in [0.29, 0.717) is 5.11 Å². The second-order valence-electron chi connectivity index (χ2n) is 5.12.